The first-order valence-corrected chi connectivity index (χ1v) is 3.77. The third-order valence-corrected chi connectivity index (χ3v) is 1.67. The summed E-state index contributed by atoms with van der Waals surface area (Å²) in [5, 5.41) is -0.787. The molecule has 0 saturated heterocycles. The van der Waals surface area contributed by atoms with Gasteiger partial charge in [0.25, 0.3) is 12.0 Å². The fourth-order valence-electron chi connectivity index (χ4n) is 0.825. The molecule has 0 aliphatic heterocycles. The lowest BCUT2D eigenvalue weighted by atomic mass is 10.5. The van der Waals surface area contributed by atoms with E-state index in [9.17, 15) is 22.8 Å². The molecular formula is C6H4ClF3N2O2. The second-order valence-electron chi connectivity index (χ2n) is 2.36. The van der Waals surface area contributed by atoms with Gasteiger partial charge in [-0.05, 0) is 0 Å². The highest BCUT2D eigenvalue weighted by Gasteiger charge is 2.15. The molecular weight excluding hydrogens is 225 g/mol. The number of alkyl halides is 2. The molecule has 1 N–H and O–H groups in total. The van der Waals surface area contributed by atoms with Crippen molar-refractivity contribution in [3.05, 3.63) is 31.8 Å². The smallest absolute Gasteiger partial charge is 0.295 e. The topological polar surface area (TPSA) is 54.9 Å². The Kier molecular flexibility index (Phi) is 3.00. The summed E-state index contributed by atoms with van der Waals surface area (Å²) in [5.74, 6) is -1.45. The van der Waals surface area contributed by atoms with E-state index in [2.05, 4.69) is 0 Å². The molecule has 0 saturated carbocycles. The fraction of sp³-hybridized carbons (Fsp3) is 0.333. The van der Waals surface area contributed by atoms with Crippen LogP contribution in [0.2, 0.25) is 5.15 Å². The first kappa shape index (κ1) is 10.8. The molecule has 0 amide bonds. The lowest BCUT2D eigenvalue weighted by molar-refractivity contribution is 0.123. The fourth-order valence-corrected chi connectivity index (χ4v) is 0.986. The average Bonchev–Trinajstić information content (AvgIpc) is 2.09. The quantitative estimate of drug-likeness (QED) is 0.754. The summed E-state index contributed by atoms with van der Waals surface area (Å²) in [4.78, 5) is 23.5. The third kappa shape index (κ3) is 1.98. The van der Waals surface area contributed by atoms with Crippen LogP contribution in [-0.4, -0.2) is 16.0 Å². The highest BCUT2D eigenvalue weighted by Crippen LogP contribution is 2.02. The van der Waals surface area contributed by atoms with Gasteiger partial charge >= 0.3 is 5.69 Å². The van der Waals surface area contributed by atoms with Crippen LogP contribution >= 0.6 is 11.6 Å². The molecule has 0 radical (unpaired) electrons. The lowest BCUT2D eigenvalue weighted by Gasteiger charge is -2.03. The number of halogens is 4. The zero-order valence-electron chi connectivity index (χ0n) is 6.56. The molecule has 8 heteroatoms. The van der Waals surface area contributed by atoms with E-state index in [1.807, 2.05) is 0 Å². The Balaban J connectivity index is 3.38. The maximum atomic E-state index is 12.7. The zero-order valence-corrected chi connectivity index (χ0v) is 7.32. The van der Waals surface area contributed by atoms with Crippen molar-refractivity contribution in [2.75, 3.05) is 0 Å². The van der Waals surface area contributed by atoms with E-state index in [1.54, 1.807) is 4.98 Å². The van der Waals surface area contributed by atoms with Crippen LogP contribution in [0.25, 0.3) is 0 Å². The molecule has 0 unspecified atom stereocenters. The number of nitrogens with one attached hydrogen (secondary N) is 1. The molecule has 1 aromatic heterocycles. The number of hydrogen-bond donors (Lipinski definition) is 1. The van der Waals surface area contributed by atoms with Gasteiger partial charge in [0.1, 0.15) is 0 Å². The zero-order chi connectivity index (χ0) is 10.9. The largest absolute Gasteiger partial charge is 0.329 e. The van der Waals surface area contributed by atoms with Gasteiger partial charge < -0.3 is 0 Å². The normalized spacial score (nSPS) is 10.9. The van der Waals surface area contributed by atoms with Gasteiger partial charge in [-0.15, -0.1) is 0 Å². The summed E-state index contributed by atoms with van der Waals surface area (Å²) in [7, 11) is 0. The predicted molar refractivity (Wildman–Crippen MR) is 42.3 cm³/mol. The summed E-state index contributed by atoms with van der Waals surface area (Å²) in [6.07, 6.45) is -2.92. The van der Waals surface area contributed by atoms with Gasteiger partial charge in [-0.2, -0.15) is 4.39 Å². The molecule has 0 aromatic carbocycles. The molecule has 1 heterocycles. The summed E-state index contributed by atoms with van der Waals surface area (Å²) >= 11 is 5.10. The minimum Gasteiger partial charge on any atom is -0.295 e. The monoisotopic (exact) mass is 228 g/mol. The summed E-state index contributed by atoms with van der Waals surface area (Å²) in [6, 6.07) is 0. The van der Waals surface area contributed by atoms with Gasteiger partial charge in [0, 0.05) is 0 Å². The van der Waals surface area contributed by atoms with Gasteiger partial charge in [-0.25, -0.2) is 13.6 Å². The number of rotatable bonds is 2. The van der Waals surface area contributed by atoms with Crippen LogP contribution in [0.1, 0.15) is 0 Å². The summed E-state index contributed by atoms with van der Waals surface area (Å²) < 4.78 is 36.5. The van der Waals surface area contributed by atoms with Crippen LogP contribution in [0.4, 0.5) is 13.2 Å². The van der Waals surface area contributed by atoms with Crippen LogP contribution in [-0.2, 0) is 6.54 Å². The molecule has 4 nitrogen and oxygen atoms in total. The van der Waals surface area contributed by atoms with Crippen molar-refractivity contribution in [3.63, 3.8) is 0 Å². The van der Waals surface area contributed by atoms with E-state index in [4.69, 9.17) is 11.6 Å². The van der Waals surface area contributed by atoms with Crippen molar-refractivity contribution in [2.24, 2.45) is 0 Å². The second kappa shape index (κ2) is 3.87. The maximum absolute atomic E-state index is 12.7. The Morgan fingerprint density at radius 3 is 2.50 bits per heavy atom. The Labute approximate surface area is 79.9 Å². The number of nitrogens with zero attached hydrogens (tertiary/aromatic N) is 1. The first-order valence-electron chi connectivity index (χ1n) is 3.39. The Morgan fingerprint density at radius 1 is 1.43 bits per heavy atom. The van der Waals surface area contributed by atoms with Crippen LogP contribution < -0.4 is 11.2 Å². The minimum atomic E-state index is -2.92. The van der Waals surface area contributed by atoms with Gasteiger partial charge in [-0.1, -0.05) is 11.6 Å². The molecule has 0 aliphatic rings. The van der Waals surface area contributed by atoms with Crippen LogP contribution in [0.3, 0.4) is 0 Å². The van der Waals surface area contributed by atoms with Gasteiger partial charge in [0.15, 0.2) is 5.15 Å². The standard InChI is InChI=1S/C6H4ClF3N2O2/c7-4-3(10)5(13)12(1-2(8)9)6(14)11-4/h2H,1H2,(H,11,14). The van der Waals surface area contributed by atoms with Gasteiger partial charge in [-0.3, -0.25) is 14.3 Å². The second-order valence-corrected chi connectivity index (χ2v) is 2.74. The molecule has 0 fully saturated rings. The number of H-pyrrole nitrogens is 1. The molecule has 78 valence electrons. The minimum absolute atomic E-state index is 0.0475. The highest BCUT2D eigenvalue weighted by atomic mass is 35.5. The van der Waals surface area contributed by atoms with Crippen LogP contribution in [0.5, 0.6) is 0 Å². The van der Waals surface area contributed by atoms with Gasteiger partial charge in [0.2, 0.25) is 5.82 Å². The lowest BCUT2D eigenvalue weighted by Crippen LogP contribution is -2.38. The van der Waals surface area contributed by atoms with E-state index < -0.39 is 35.2 Å². The van der Waals surface area contributed by atoms with Crippen molar-refractivity contribution >= 4 is 11.6 Å². The van der Waals surface area contributed by atoms with E-state index in [0.29, 0.717) is 0 Å². The van der Waals surface area contributed by atoms with Gasteiger partial charge in [0.05, 0.1) is 6.54 Å². The van der Waals surface area contributed by atoms with E-state index in [-0.39, 0.29) is 4.57 Å². The predicted octanol–water partition coefficient (Wildman–Crippen LogP) is 0.594. The maximum Gasteiger partial charge on any atom is 0.329 e. The van der Waals surface area contributed by atoms with Crippen molar-refractivity contribution in [1.82, 2.24) is 9.55 Å². The SMILES string of the molecule is O=c1[nH]c(Cl)c(F)c(=O)n1CC(F)F. The molecule has 1 rings (SSSR count). The van der Waals surface area contributed by atoms with Crippen LogP contribution in [0, 0.1) is 5.82 Å². The molecule has 0 atom stereocenters. The van der Waals surface area contributed by atoms with E-state index >= 15 is 0 Å². The molecule has 0 bridgehead atoms. The molecule has 1 aromatic rings. The first-order chi connectivity index (χ1) is 6.43. The highest BCUT2D eigenvalue weighted by molar-refractivity contribution is 6.29. The van der Waals surface area contributed by atoms with E-state index in [0.717, 1.165) is 0 Å². The third-order valence-electron chi connectivity index (χ3n) is 1.41. The number of aromatic nitrogens is 2. The molecule has 0 spiro atoms. The summed E-state index contributed by atoms with van der Waals surface area (Å²) in [5.41, 5.74) is -2.62. The van der Waals surface area contributed by atoms with E-state index in [1.165, 1.54) is 0 Å². The van der Waals surface area contributed by atoms with Crippen molar-refractivity contribution in [3.8, 4) is 0 Å². The molecule has 0 aliphatic carbocycles. The van der Waals surface area contributed by atoms with Crippen LogP contribution in [0.15, 0.2) is 9.59 Å². The van der Waals surface area contributed by atoms with Crippen molar-refractivity contribution in [1.29, 1.82) is 0 Å². The van der Waals surface area contributed by atoms with Crippen molar-refractivity contribution in [2.45, 2.75) is 13.0 Å². The Hall–Kier alpha value is -1.24. The Morgan fingerprint density at radius 2 is 2.00 bits per heavy atom. The Bertz CT molecular complexity index is 453. The molecule has 14 heavy (non-hydrogen) atoms. The van der Waals surface area contributed by atoms with Crippen molar-refractivity contribution < 1.29 is 13.2 Å². The number of hydrogen-bond acceptors (Lipinski definition) is 2. The summed E-state index contributed by atoms with van der Waals surface area (Å²) in [6.45, 7) is -1.16. The average molecular weight is 229 g/mol. The number of aromatic amines is 1.